The minimum atomic E-state index is -1.50. The van der Waals surface area contributed by atoms with Gasteiger partial charge in [0.05, 0.1) is 13.2 Å². The summed E-state index contributed by atoms with van der Waals surface area (Å²) in [5, 5.41) is 0. The minimum absolute atomic E-state index is 0.170. The van der Waals surface area contributed by atoms with Crippen molar-refractivity contribution in [3.05, 3.63) is 0 Å². The molecule has 0 spiro atoms. The third-order valence-corrected chi connectivity index (χ3v) is 3.09. The molecule has 0 bridgehead atoms. The summed E-state index contributed by atoms with van der Waals surface area (Å²) in [4.78, 5) is 33.7. The van der Waals surface area contributed by atoms with Crippen molar-refractivity contribution in [2.45, 2.75) is 37.4 Å². The van der Waals surface area contributed by atoms with Crippen molar-refractivity contribution in [1.29, 1.82) is 0 Å². The fraction of sp³-hybridized carbons (Fsp3) is 0.727. The second-order valence-electron chi connectivity index (χ2n) is 3.30. The van der Waals surface area contributed by atoms with Gasteiger partial charge in [0.25, 0.3) is 0 Å². The van der Waals surface area contributed by atoms with Crippen molar-refractivity contribution < 1.29 is 23.9 Å². The summed E-state index contributed by atoms with van der Waals surface area (Å²) in [6, 6.07) is 0. The first-order valence-corrected chi connectivity index (χ1v) is 6.29. The third-order valence-electron chi connectivity index (χ3n) is 2.04. The van der Waals surface area contributed by atoms with E-state index in [1.807, 2.05) is 0 Å². The number of unbranched alkanes of at least 4 members (excludes halogenated alkanes) is 1. The SMILES string of the molecule is CCOC(=O)C(Br)(CCCC=O)C(=O)OCC. The standard InChI is InChI=1S/C11H17BrO5/c1-3-16-9(14)11(12,7-5-6-8-13)10(15)17-4-2/h8H,3-7H2,1-2H3. The average molecular weight is 309 g/mol. The molecule has 0 heterocycles. The van der Waals surface area contributed by atoms with Crippen LogP contribution in [0.5, 0.6) is 0 Å². The molecule has 0 atom stereocenters. The van der Waals surface area contributed by atoms with Crippen LogP contribution in [0.1, 0.15) is 33.1 Å². The van der Waals surface area contributed by atoms with E-state index in [2.05, 4.69) is 15.9 Å². The first kappa shape index (κ1) is 16.1. The molecule has 0 rings (SSSR count). The fourth-order valence-electron chi connectivity index (χ4n) is 1.21. The molecular formula is C11H17BrO5. The lowest BCUT2D eigenvalue weighted by Gasteiger charge is -2.22. The summed E-state index contributed by atoms with van der Waals surface area (Å²) in [7, 11) is 0. The van der Waals surface area contributed by atoms with Crippen molar-refractivity contribution in [2.75, 3.05) is 13.2 Å². The van der Waals surface area contributed by atoms with Crippen LogP contribution in [-0.4, -0.2) is 35.8 Å². The van der Waals surface area contributed by atoms with Gasteiger partial charge in [-0.25, -0.2) is 9.59 Å². The molecule has 0 aliphatic heterocycles. The topological polar surface area (TPSA) is 69.7 Å². The number of carbonyl (C=O) groups excluding carboxylic acids is 3. The van der Waals surface area contributed by atoms with Gasteiger partial charge in [0, 0.05) is 6.42 Å². The number of rotatable bonds is 8. The molecule has 0 amide bonds. The molecule has 0 saturated heterocycles. The Morgan fingerprint density at radius 1 is 1.18 bits per heavy atom. The highest BCUT2D eigenvalue weighted by Gasteiger charge is 2.46. The highest BCUT2D eigenvalue weighted by Crippen LogP contribution is 2.28. The predicted octanol–water partition coefficient (Wildman–Crippen LogP) is 1.62. The van der Waals surface area contributed by atoms with Gasteiger partial charge in [0.15, 0.2) is 0 Å². The van der Waals surface area contributed by atoms with E-state index in [4.69, 9.17) is 9.47 Å². The Balaban J connectivity index is 4.72. The Bertz CT molecular complexity index is 259. The number of alkyl halides is 1. The third kappa shape index (κ3) is 4.85. The molecule has 0 unspecified atom stereocenters. The predicted molar refractivity (Wildman–Crippen MR) is 64.8 cm³/mol. The van der Waals surface area contributed by atoms with Gasteiger partial charge in [0.1, 0.15) is 6.29 Å². The van der Waals surface area contributed by atoms with Crippen LogP contribution < -0.4 is 0 Å². The van der Waals surface area contributed by atoms with Crippen molar-refractivity contribution >= 4 is 34.2 Å². The molecule has 0 N–H and O–H groups in total. The molecule has 0 aromatic rings. The highest BCUT2D eigenvalue weighted by atomic mass is 79.9. The van der Waals surface area contributed by atoms with Gasteiger partial charge in [-0.3, -0.25) is 0 Å². The molecule has 17 heavy (non-hydrogen) atoms. The van der Waals surface area contributed by atoms with E-state index in [0.717, 1.165) is 6.29 Å². The lowest BCUT2D eigenvalue weighted by Crippen LogP contribution is -2.43. The molecular weight excluding hydrogens is 292 g/mol. The van der Waals surface area contributed by atoms with Crippen LogP contribution in [0.3, 0.4) is 0 Å². The van der Waals surface area contributed by atoms with Gasteiger partial charge in [-0.2, -0.15) is 0 Å². The van der Waals surface area contributed by atoms with E-state index < -0.39 is 16.3 Å². The van der Waals surface area contributed by atoms with Gasteiger partial charge in [-0.05, 0) is 26.7 Å². The number of hydrogen-bond donors (Lipinski definition) is 0. The van der Waals surface area contributed by atoms with Crippen molar-refractivity contribution in [3.8, 4) is 0 Å². The van der Waals surface area contributed by atoms with Crippen LogP contribution >= 0.6 is 15.9 Å². The fourth-order valence-corrected chi connectivity index (χ4v) is 1.72. The molecule has 0 aliphatic rings. The van der Waals surface area contributed by atoms with E-state index in [-0.39, 0.29) is 26.1 Å². The average Bonchev–Trinajstić information content (AvgIpc) is 2.29. The first-order chi connectivity index (χ1) is 8.02. The van der Waals surface area contributed by atoms with Crippen molar-refractivity contribution in [1.82, 2.24) is 0 Å². The lowest BCUT2D eigenvalue weighted by atomic mass is 10.0. The summed E-state index contributed by atoms with van der Waals surface area (Å²) in [6.07, 6.45) is 1.60. The summed E-state index contributed by atoms with van der Waals surface area (Å²) < 4.78 is 8.16. The van der Waals surface area contributed by atoms with Crippen LogP contribution in [-0.2, 0) is 23.9 Å². The molecule has 0 aromatic heterocycles. The molecule has 5 nitrogen and oxygen atoms in total. The van der Waals surface area contributed by atoms with Gasteiger partial charge >= 0.3 is 11.9 Å². The molecule has 0 fully saturated rings. The maximum absolute atomic E-state index is 11.7. The maximum atomic E-state index is 11.7. The number of carbonyl (C=O) groups is 3. The molecule has 98 valence electrons. The first-order valence-electron chi connectivity index (χ1n) is 5.49. The normalized spacial score (nSPS) is 10.8. The maximum Gasteiger partial charge on any atom is 0.334 e. The Kier molecular flexibility index (Phi) is 7.78. The Hall–Kier alpha value is -0.910. The number of hydrogen-bond acceptors (Lipinski definition) is 5. The number of halogens is 1. The van der Waals surface area contributed by atoms with E-state index in [9.17, 15) is 14.4 Å². The van der Waals surface area contributed by atoms with Gasteiger partial charge < -0.3 is 14.3 Å². The van der Waals surface area contributed by atoms with Crippen LogP contribution in [0, 0.1) is 0 Å². The zero-order valence-corrected chi connectivity index (χ0v) is 11.6. The second kappa shape index (κ2) is 8.22. The van der Waals surface area contributed by atoms with Gasteiger partial charge in [0.2, 0.25) is 4.32 Å². The van der Waals surface area contributed by atoms with Crippen LogP contribution in [0.4, 0.5) is 0 Å². The number of esters is 2. The second-order valence-corrected chi connectivity index (χ2v) is 4.65. The zero-order chi connectivity index (χ0) is 13.3. The molecule has 0 saturated carbocycles. The van der Waals surface area contributed by atoms with E-state index in [1.165, 1.54) is 0 Å². The van der Waals surface area contributed by atoms with E-state index >= 15 is 0 Å². The number of ether oxygens (including phenoxy) is 2. The van der Waals surface area contributed by atoms with Crippen molar-refractivity contribution in [2.24, 2.45) is 0 Å². The Morgan fingerprint density at radius 3 is 2.00 bits per heavy atom. The molecule has 0 aliphatic carbocycles. The van der Waals surface area contributed by atoms with E-state index in [0.29, 0.717) is 6.42 Å². The van der Waals surface area contributed by atoms with Crippen LogP contribution in [0.2, 0.25) is 0 Å². The summed E-state index contributed by atoms with van der Waals surface area (Å²) in [5.74, 6) is -1.35. The molecule has 6 heteroatoms. The molecule has 0 aromatic carbocycles. The quantitative estimate of drug-likeness (QED) is 0.224. The lowest BCUT2D eigenvalue weighted by molar-refractivity contribution is -0.158. The van der Waals surface area contributed by atoms with E-state index in [1.54, 1.807) is 13.8 Å². The van der Waals surface area contributed by atoms with Gasteiger partial charge in [-0.1, -0.05) is 15.9 Å². The number of aldehydes is 1. The Morgan fingerprint density at radius 2 is 1.65 bits per heavy atom. The zero-order valence-electron chi connectivity index (χ0n) is 10.0. The van der Waals surface area contributed by atoms with Crippen LogP contribution in [0.25, 0.3) is 0 Å². The summed E-state index contributed by atoms with van der Waals surface area (Å²) in [6.45, 7) is 3.67. The summed E-state index contributed by atoms with van der Waals surface area (Å²) >= 11 is 3.08. The van der Waals surface area contributed by atoms with Crippen molar-refractivity contribution in [3.63, 3.8) is 0 Å². The minimum Gasteiger partial charge on any atom is -0.465 e. The largest absolute Gasteiger partial charge is 0.465 e. The van der Waals surface area contributed by atoms with Gasteiger partial charge in [-0.15, -0.1) is 0 Å². The Labute approximate surface area is 109 Å². The smallest absolute Gasteiger partial charge is 0.334 e. The van der Waals surface area contributed by atoms with Crippen LogP contribution in [0.15, 0.2) is 0 Å². The monoisotopic (exact) mass is 308 g/mol. The summed E-state index contributed by atoms with van der Waals surface area (Å²) in [5.41, 5.74) is 0. The molecule has 0 radical (unpaired) electrons. The highest BCUT2D eigenvalue weighted by molar-refractivity contribution is 9.10.